The highest BCUT2D eigenvalue weighted by Crippen LogP contribution is 2.29. The van der Waals surface area contributed by atoms with Crippen molar-refractivity contribution in [3.63, 3.8) is 0 Å². The molecule has 0 aliphatic carbocycles. The van der Waals surface area contributed by atoms with Gasteiger partial charge in [-0.2, -0.15) is 5.10 Å². The van der Waals surface area contributed by atoms with Crippen LogP contribution in [0.15, 0.2) is 60.1 Å². The Balaban J connectivity index is 1.53. The van der Waals surface area contributed by atoms with Gasteiger partial charge in [0.15, 0.2) is 28.1 Å². The number of benzene rings is 2. The van der Waals surface area contributed by atoms with Crippen LogP contribution >= 0.6 is 11.3 Å². The molecule has 1 amide bonds. The van der Waals surface area contributed by atoms with E-state index in [1.54, 1.807) is 23.6 Å². The highest BCUT2D eigenvalue weighted by atomic mass is 32.1. The Hall–Kier alpha value is -3.72. The first-order valence-corrected chi connectivity index (χ1v) is 9.38. The Morgan fingerprint density at radius 3 is 2.76 bits per heavy atom. The number of rotatable bonds is 5. The van der Waals surface area contributed by atoms with Crippen molar-refractivity contribution in [2.75, 3.05) is 12.4 Å². The van der Waals surface area contributed by atoms with E-state index in [0.717, 1.165) is 0 Å². The molecule has 0 bridgehead atoms. The van der Waals surface area contributed by atoms with Crippen molar-refractivity contribution in [2.45, 2.75) is 0 Å². The van der Waals surface area contributed by atoms with Crippen molar-refractivity contribution >= 4 is 22.4 Å². The summed E-state index contributed by atoms with van der Waals surface area (Å²) in [5, 5.41) is 18.8. The Kier molecular flexibility index (Phi) is 4.96. The van der Waals surface area contributed by atoms with Crippen molar-refractivity contribution in [2.24, 2.45) is 0 Å². The van der Waals surface area contributed by atoms with Crippen LogP contribution in [-0.4, -0.2) is 32.9 Å². The smallest absolute Gasteiger partial charge is 0.281 e. The number of nitrogens with one attached hydrogen (secondary N) is 1. The molecule has 0 saturated heterocycles. The molecule has 2 aromatic heterocycles. The topological polar surface area (TPSA) is 89.3 Å². The van der Waals surface area contributed by atoms with Gasteiger partial charge in [-0.25, -0.2) is 14.1 Å². The number of amides is 1. The van der Waals surface area contributed by atoms with E-state index in [1.165, 1.54) is 41.5 Å². The normalized spacial score (nSPS) is 10.7. The van der Waals surface area contributed by atoms with Gasteiger partial charge in [-0.15, -0.1) is 11.3 Å². The van der Waals surface area contributed by atoms with Crippen molar-refractivity contribution in [1.82, 2.24) is 14.8 Å². The fourth-order valence-electron chi connectivity index (χ4n) is 2.69. The molecule has 146 valence electrons. The molecular weight excluding hydrogens is 395 g/mol. The lowest BCUT2D eigenvalue weighted by Crippen LogP contribution is -2.13. The van der Waals surface area contributed by atoms with E-state index in [9.17, 15) is 14.3 Å². The van der Waals surface area contributed by atoms with E-state index in [0.29, 0.717) is 22.1 Å². The first-order valence-electron chi connectivity index (χ1n) is 8.50. The van der Waals surface area contributed by atoms with Gasteiger partial charge in [0.2, 0.25) is 0 Å². The zero-order valence-corrected chi connectivity index (χ0v) is 16.0. The maximum absolute atomic E-state index is 13.9. The minimum atomic E-state index is -0.598. The monoisotopic (exact) mass is 410 g/mol. The van der Waals surface area contributed by atoms with Crippen LogP contribution in [0.1, 0.15) is 10.5 Å². The minimum Gasteiger partial charge on any atom is -0.504 e. The van der Waals surface area contributed by atoms with Gasteiger partial charge in [0.05, 0.1) is 24.7 Å². The standard InChI is InChI=1S/C20H15FN4O3S/c1-28-17-8-7-12(9-14(17)21)15-11-29-20(22-15)23-19(27)18-16(26)10-25(24-18)13-5-3-2-4-6-13/h2-11,26H,1H3,(H,22,23,27). The molecule has 7 nitrogen and oxygen atoms in total. The minimum absolute atomic E-state index is 0.124. The Morgan fingerprint density at radius 1 is 1.24 bits per heavy atom. The summed E-state index contributed by atoms with van der Waals surface area (Å²) < 4.78 is 20.2. The Bertz CT molecular complexity index is 1170. The van der Waals surface area contributed by atoms with E-state index < -0.39 is 11.7 Å². The van der Waals surface area contributed by atoms with Crippen LogP contribution in [0.5, 0.6) is 11.5 Å². The molecule has 29 heavy (non-hydrogen) atoms. The predicted octanol–water partition coefficient (Wildman–Crippen LogP) is 4.10. The third-order valence-corrected chi connectivity index (χ3v) is 4.86. The maximum Gasteiger partial charge on any atom is 0.281 e. The van der Waals surface area contributed by atoms with Crippen LogP contribution < -0.4 is 10.1 Å². The maximum atomic E-state index is 13.9. The zero-order valence-electron chi connectivity index (χ0n) is 15.2. The van der Waals surface area contributed by atoms with Gasteiger partial charge in [0, 0.05) is 10.9 Å². The lowest BCUT2D eigenvalue weighted by atomic mass is 10.1. The second kappa shape index (κ2) is 7.72. The molecule has 9 heteroatoms. The van der Waals surface area contributed by atoms with Crippen LogP contribution in [-0.2, 0) is 0 Å². The van der Waals surface area contributed by atoms with Crippen LogP contribution in [0, 0.1) is 5.82 Å². The summed E-state index contributed by atoms with van der Waals surface area (Å²) in [6, 6.07) is 13.6. The van der Waals surface area contributed by atoms with Crippen LogP contribution in [0.4, 0.5) is 9.52 Å². The van der Waals surface area contributed by atoms with Crippen molar-refractivity contribution in [1.29, 1.82) is 0 Å². The van der Waals surface area contributed by atoms with Gasteiger partial charge < -0.3 is 9.84 Å². The fraction of sp³-hybridized carbons (Fsp3) is 0.0500. The second-order valence-electron chi connectivity index (χ2n) is 5.98. The summed E-state index contributed by atoms with van der Waals surface area (Å²) in [6.45, 7) is 0. The first-order chi connectivity index (χ1) is 14.0. The number of nitrogens with zero attached hydrogens (tertiary/aromatic N) is 3. The number of anilines is 1. The molecule has 0 aliphatic rings. The molecule has 4 rings (SSSR count). The van der Waals surface area contributed by atoms with Crippen molar-refractivity contribution in [3.05, 3.63) is 71.6 Å². The summed E-state index contributed by atoms with van der Waals surface area (Å²) in [5.74, 6) is -1.21. The summed E-state index contributed by atoms with van der Waals surface area (Å²) in [6.07, 6.45) is 1.36. The molecule has 2 aromatic carbocycles. The van der Waals surface area contributed by atoms with Crippen LogP contribution in [0.3, 0.4) is 0 Å². The van der Waals surface area contributed by atoms with E-state index in [2.05, 4.69) is 15.4 Å². The first kappa shape index (κ1) is 18.6. The number of thiazole rings is 1. The van der Waals surface area contributed by atoms with Gasteiger partial charge in [0.25, 0.3) is 5.91 Å². The van der Waals surface area contributed by atoms with E-state index in [4.69, 9.17) is 4.74 Å². The zero-order chi connectivity index (χ0) is 20.4. The number of para-hydroxylation sites is 1. The summed E-state index contributed by atoms with van der Waals surface area (Å²) in [4.78, 5) is 16.8. The van der Waals surface area contributed by atoms with E-state index in [1.807, 2.05) is 18.2 Å². The highest BCUT2D eigenvalue weighted by molar-refractivity contribution is 7.14. The van der Waals surface area contributed by atoms with Crippen LogP contribution in [0.2, 0.25) is 0 Å². The van der Waals surface area contributed by atoms with Crippen molar-refractivity contribution in [3.8, 4) is 28.4 Å². The number of hydrogen-bond acceptors (Lipinski definition) is 6. The molecule has 0 unspecified atom stereocenters. The number of aromatic nitrogens is 3. The molecule has 2 N–H and O–H groups in total. The average Bonchev–Trinajstić information content (AvgIpc) is 3.35. The molecule has 0 fully saturated rings. The quantitative estimate of drug-likeness (QED) is 0.517. The summed E-state index contributed by atoms with van der Waals surface area (Å²) in [7, 11) is 1.39. The molecule has 0 radical (unpaired) electrons. The van der Waals surface area contributed by atoms with Crippen LogP contribution in [0.25, 0.3) is 16.9 Å². The SMILES string of the molecule is COc1ccc(-c2csc(NC(=O)c3nn(-c4ccccc4)cc3O)n2)cc1F. The molecule has 0 atom stereocenters. The number of methoxy groups -OCH3 is 1. The van der Waals surface area contributed by atoms with Gasteiger partial charge in [0.1, 0.15) is 0 Å². The number of ether oxygens (including phenoxy) is 1. The second-order valence-corrected chi connectivity index (χ2v) is 6.84. The Morgan fingerprint density at radius 2 is 2.03 bits per heavy atom. The number of aromatic hydroxyl groups is 1. The average molecular weight is 410 g/mol. The molecular formula is C20H15FN4O3S. The molecule has 0 spiro atoms. The highest BCUT2D eigenvalue weighted by Gasteiger charge is 2.19. The van der Waals surface area contributed by atoms with Gasteiger partial charge in [-0.3, -0.25) is 10.1 Å². The lowest BCUT2D eigenvalue weighted by molar-refractivity contribution is 0.101. The van der Waals surface area contributed by atoms with Gasteiger partial charge in [-0.05, 0) is 30.3 Å². The number of carbonyl (C=O) groups is 1. The van der Waals surface area contributed by atoms with E-state index >= 15 is 0 Å². The molecule has 4 aromatic rings. The summed E-state index contributed by atoms with van der Waals surface area (Å²) in [5.41, 5.74) is 1.64. The third kappa shape index (κ3) is 3.81. The van der Waals surface area contributed by atoms with Crippen molar-refractivity contribution < 1.29 is 19.0 Å². The summed E-state index contributed by atoms with van der Waals surface area (Å²) >= 11 is 1.18. The third-order valence-electron chi connectivity index (χ3n) is 4.10. The molecule has 2 heterocycles. The van der Waals surface area contributed by atoms with Gasteiger partial charge >= 0.3 is 0 Å². The number of halogens is 1. The van der Waals surface area contributed by atoms with E-state index in [-0.39, 0.29) is 17.2 Å². The predicted molar refractivity (Wildman–Crippen MR) is 107 cm³/mol. The number of carbonyl (C=O) groups excluding carboxylic acids is 1. The molecule has 0 saturated carbocycles. The lowest BCUT2D eigenvalue weighted by Gasteiger charge is -2.03. The molecule has 0 aliphatic heterocycles. The number of hydrogen-bond donors (Lipinski definition) is 2. The fourth-order valence-corrected chi connectivity index (χ4v) is 3.40. The van der Waals surface area contributed by atoms with Gasteiger partial charge in [-0.1, -0.05) is 18.2 Å². The Labute approximate surface area is 169 Å². The largest absolute Gasteiger partial charge is 0.504 e.